The van der Waals surface area contributed by atoms with Crippen LogP contribution >= 0.6 is 11.7 Å². The van der Waals surface area contributed by atoms with Gasteiger partial charge in [-0.1, -0.05) is 12.1 Å². The summed E-state index contributed by atoms with van der Waals surface area (Å²) < 4.78 is 19.0. The van der Waals surface area contributed by atoms with Gasteiger partial charge in [-0.15, -0.1) is 0 Å². The lowest BCUT2D eigenvalue weighted by Crippen LogP contribution is -2.15. The van der Waals surface area contributed by atoms with Crippen LogP contribution < -0.4 is 14.8 Å². The van der Waals surface area contributed by atoms with Gasteiger partial charge in [-0.25, -0.2) is 0 Å². The van der Waals surface area contributed by atoms with Gasteiger partial charge in [-0.05, 0) is 30.7 Å². The number of aryl methyl sites for hydroxylation is 1. The molecule has 0 bridgehead atoms. The number of rotatable bonds is 4. The SMILES string of the molecule is COc1cccc(OC)c1C(=O)Nc1c(C)ccc2nsnc12. The van der Waals surface area contributed by atoms with Crippen LogP contribution in [0.15, 0.2) is 30.3 Å². The Balaban J connectivity index is 2.05. The minimum Gasteiger partial charge on any atom is -0.496 e. The zero-order valence-electron chi connectivity index (χ0n) is 12.9. The molecule has 0 fully saturated rings. The van der Waals surface area contributed by atoms with E-state index < -0.39 is 0 Å². The molecule has 118 valence electrons. The number of hydrogen-bond donors (Lipinski definition) is 1. The molecule has 23 heavy (non-hydrogen) atoms. The maximum atomic E-state index is 12.8. The predicted molar refractivity (Wildman–Crippen MR) is 89.7 cm³/mol. The summed E-state index contributed by atoms with van der Waals surface area (Å²) >= 11 is 1.11. The van der Waals surface area contributed by atoms with Crippen molar-refractivity contribution in [3.05, 3.63) is 41.5 Å². The van der Waals surface area contributed by atoms with Crippen molar-refractivity contribution in [3.63, 3.8) is 0 Å². The highest BCUT2D eigenvalue weighted by atomic mass is 32.1. The van der Waals surface area contributed by atoms with Gasteiger partial charge >= 0.3 is 0 Å². The van der Waals surface area contributed by atoms with E-state index in [0.29, 0.717) is 28.3 Å². The zero-order valence-corrected chi connectivity index (χ0v) is 13.7. The maximum Gasteiger partial charge on any atom is 0.263 e. The van der Waals surface area contributed by atoms with Crippen molar-refractivity contribution in [2.24, 2.45) is 0 Å². The molecule has 0 saturated carbocycles. The molecule has 6 nitrogen and oxygen atoms in total. The van der Waals surface area contributed by atoms with Crippen LogP contribution in [0.1, 0.15) is 15.9 Å². The second kappa shape index (κ2) is 6.21. The largest absolute Gasteiger partial charge is 0.496 e. The molecule has 1 N–H and O–H groups in total. The summed E-state index contributed by atoms with van der Waals surface area (Å²) in [5.74, 6) is 0.578. The summed E-state index contributed by atoms with van der Waals surface area (Å²) in [6.07, 6.45) is 0. The molecule has 0 unspecified atom stereocenters. The number of hydrogen-bond acceptors (Lipinski definition) is 6. The Hall–Kier alpha value is -2.67. The normalized spacial score (nSPS) is 10.6. The smallest absolute Gasteiger partial charge is 0.263 e. The van der Waals surface area contributed by atoms with Crippen molar-refractivity contribution in [3.8, 4) is 11.5 Å². The van der Waals surface area contributed by atoms with Gasteiger partial charge in [0.1, 0.15) is 28.1 Å². The van der Waals surface area contributed by atoms with Crippen molar-refractivity contribution in [1.82, 2.24) is 8.75 Å². The maximum absolute atomic E-state index is 12.8. The summed E-state index contributed by atoms with van der Waals surface area (Å²) in [6, 6.07) is 8.99. The minimum atomic E-state index is -0.317. The molecule has 3 aromatic rings. The number of nitrogens with zero attached hydrogens (tertiary/aromatic N) is 2. The molecule has 0 spiro atoms. The monoisotopic (exact) mass is 329 g/mol. The van der Waals surface area contributed by atoms with Crippen molar-refractivity contribution < 1.29 is 14.3 Å². The standard InChI is InChI=1S/C16H15N3O3S/c1-9-7-8-10-15(19-23-18-10)14(9)17-16(20)13-11(21-2)5-4-6-12(13)22-3/h4-8H,1-3H3,(H,17,20). The number of aromatic nitrogens is 2. The number of ether oxygens (including phenoxy) is 2. The molecule has 3 rings (SSSR count). The van der Waals surface area contributed by atoms with E-state index in [9.17, 15) is 4.79 Å². The van der Waals surface area contributed by atoms with E-state index in [1.165, 1.54) is 14.2 Å². The first kappa shape index (κ1) is 15.2. The number of nitrogens with one attached hydrogen (secondary N) is 1. The van der Waals surface area contributed by atoms with Crippen LogP contribution in [0.4, 0.5) is 5.69 Å². The highest BCUT2D eigenvalue weighted by Gasteiger charge is 2.20. The van der Waals surface area contributed by atoms with Crippen molar-refractivity contribution in [2.45, 2.75) is 6.92 Å². The van der Waals surface area contributed by atoms with E-state index in [0.717, 1.165) is 22.8 Å². The first-order chi connectivity index (χ1) is 11.2. The number of benzene rings is 2. The van der Waals surface area contributed by atoms with E-state index in [-0.39, 0.29) is 5.91 Å². The van der Waals surface area contributed by atoms with Crippen LogP contribution in [0.5, 0.6) is 11.5 Å². The molecule has 0 aliphatic carbocycles. The van der Waals surface area contributed by atoms with Gasteiger partial charge in [0.05, 0.1) is 31.6 Å². The summed E-state index contributed by atoms with van der Waals surface area (Å²) in [4.78, 5) is 12.8. The number of methoxy groups -OCH3 is 2. The Labute approximate surface area is 137 Å². The zero-order chi connectivity index (χ0) is 16.4. The third-order valence-corrected chi connectivity index (χ3v) is 4.07. The van der Waals surface area contributed by atoms with E-state index >= 15 is 0 Å². The van der Waals surface area contributed by atoms with Gasteiger partial charge in [-0.2, -0.15) is 8.75 Å². The number of anilines is 1. The predicted octanol–water partition coefficient (Wildman–Crippen LogP) is 3.27. The lowest BCUT2D eigenvalue weighted by Gasteiger charge is -2.14. The van der Waals surface area contributed by atoms with Crippen LogP contribution in [0.3, 0.4) is 0 Å². The Kier molecular flexibility index (Phi) is 4.12. The average Bonchev–Trinajstić information content (AvgIpc) is 3.05. The Morgan fingerprint density at radius 2 is 1.78 bits per heavy atom. The second-order valence-corrected chi connectivity index (χ2v) is 5.41. The summed E-state index contributed by atoms with van der Waals surface area (Å²) in [5, 5.41) is 2.91. The highest BCUT2D eigenvalue weighted by Crippen LogP contribution is 2.31. The quantitative estimate of drug-likeness (QED) is 0.795. The Bertz CT molecular complexity index is 854. The molecule has 1 amide bonds. The second-order valence-electron chi connectivity index (χ2n) is 4.88. The van der Waals surface area contributed by atoms with Gasteiger partial charge < -0.3 is 14.8 Å². The Morgan fingerprint density at radius 3 is 2.43 bits per heavy atom. The fraction of sp³-hybridized carbons (Fsp3) is 0.188. The molecule has 2 aromatic carbocycles. The molecule has 0 aliphatic rings. The highest BCUT2D eigenvalue weighted by molar-refractivity contribution is 7.00. The molecular formula is C16H15N3O3S. The van der Waals surface area contributed by atoms with Gasteiger partial charge in [0.25, 0.3) is 5.91 Å². The molecular weight excluding hydrogens is 314 g/mol. The Morgan fingerprint density at radius 1 is 1.09 bits per heavy atom. The van der Waals surface area contributed by atoms with Gasteiger partial charge in [0.2, 0.25) is 0 Å². The van der Waals surface area contributed by atoms with Crippen molar-refractivity contribution in [1.29, 1.82) is 0 Å². The summed E-state index contributed by atoms with van der Waals surface area (Å²) in [6.45, 7) is 1.91. The van der Waals surface area contributed by atoms with Gasteiger partial charge in [-0.3, -0.25) is 4.79 Å². The van der Waals surface area contributed by atoms with Gasteiger partial charge in [0, 0.05) is 0 Å². The van der Waals surface area contributed by atoms with E-state index in [4.69, 9.17) is 9.47 Å². The van der Waals surface area contributed by atoms with Crippen molar-refractivity contribution >= 4 is 34.4 Å². The fourth-order valence-corrected chi connectivity index (χ4v) is 2.90. The number of fused-ring (bicyclic) bond motifs is 1. The average molecular weight is 329 g/mol. The third-order valence-electron chi connectivity index (χ3n) is 3.53. The van der Waals surface area contributed by atoms with Crippen molar-refractivity contribution in [2.75, 3.05) is 19.5 Å². The molecule has 0 radical (unpaired) electrons. The number of carbonyl (C=O) groups excluding carboxylic acids is 1. The van der Waals surface area contributed by atoms with Crippen LogP contribution in [0.25, 0.3) is 11.0 Å². The molecule has 7 heteroatoms. The summed E-state index contributed by atoms with van der Waals surface area (Å²) in [7, 11) is 3.03. The molecule has 0 saturated heterocycles. The lowest BCUT2D eigenvalue weighted by molar-refractivity contribution is 0.102. The summed E-state index contributed by atoms with van der Waals surface area (Å²) in [5.41, 5.74) is 3.33. The molecule has 0 aliphatic heterocycles. The topological polar surface area (TPSA) is 73.3 Å². The first-order valence-corrected chi connectivity index (χ1v) is 7.63. The van der Waals surface area contributed by atoms with E-state index in [2.05, 4.69) is 14.1 Å². The van der Waals surface area contributed by atoms with Crippen LogP contribution in [-0.2, 0) is 0 Å². The third kappa shape index (κ3) is 2.70. The minimum absolute atomic E-state index is 0.317. The van der Waals surface area contributed by atoms with Crippen LogP contribution in [-0.4, -0.2) is 28.9 Å². The van der Waals surface area contributed by atoms with Gasteiger partial charge in [0.15, 0.2) is 0 Å². The van der Waals surface area contributed by atoms with E-state index in [1.54, 1.807) is 18.2 Å². The van der Waals surface area contributed by atoms with Crippen LogP contribution in [0.2, 0.25) is 0 Å². The molecule has 0 atom stereocenters. The molecule has 1 heterocycles. The molecule has 1 aromatic heterocycles. The lowest BCUT2D eigenvalue weighted by atomic mass is 10.1. The first-order valence-electron chi connectivity index (χ1n) is 6.90. The van der Waals surface area contributed by atoms with E-state index in [1.807, 2.05) is 19.1 Å². The van der Waals surface area contributed by atoms with Crippen LogP contribution in [0, 0.1) is 6.92 Å². The fourth-order valence-electron chi connectivity index (χ4n) is 2.36. The number of carbonyl (C=O) groups is 1. The number of amides is 1.